The van der Waals surface area contributed by atoms with Crippen molar-refractivity contribution in [2.75, 3.05) is 32.8 Å². The Morgan fingerprint density at radius 3 is 2.19 bits per heavy atom. The minimum Gasteiger partial charge on any atom is -0.379 e. The fourth-order valence-electron chi connectivity index (χ4n) is 3.09. The molecule has 1 heterocycles. The first-order valence-corrected chi connectivity index (χ1v) is 8.70. The molecule has 1 unspecified atom stereocenters. The Morgan fingerprint density at radius 1 is 1.00 bits per heavy atom. The summed E-state index contributed by atoms with van der Waals surface area (Å²) in [7, 11) is 0. The van der Waals surface area contributed by atoms with Crippen molar-refractivity contribution in [2.45, 2.75) is 12.5 Å². The number of benzene rings is 2. The van der Waals surface area contributed by atoms with E-state index in [9.17, 15) is 13.6 Å². The largest absolute Gasteiger partial charge is 0.379 e. The van der Waals surface area contributed by atoms with Crippen molar-refractivity contribution in [1.29, 1.82) is 0 Å². The van der Waals surface area contributed by atoms with E-state index in [2.05, 4.69) is 10.2 Å². The van der Waals surface area contributed by atoms with E-state index in [0.717, 1.165) is 24.2 Å². The van der Waals surface area contributed by atoms with Crippen molar-refractivity contribution in [3.63, 3.8) is 0 Å². The second-order valence-corrected chi connectivity index (χ2v) is 6.32. The van der Waals surface area contributed by atoms with Gasteiger partial charge in [0, 0.05) is 19.6 Å². The van der Waals surface area contributed by atoms with Crippen LogP contribution in [0.25, 0.3) is 0 Å². The van der Waals surface area contributed by atoms with Gasteiger partial charge in [-0.15, -0.1) is 0 Å². The van der Waals surface area contributed by atoms with Crippen LogP contribution in [0.4, 0.5) is 8.78 Å². The number of carbonyl (C=O) groups is 1. The Bertz CT molecular complexity index is 714. The maximum atomic E-state index is 13.2. The number of hydrogen-bond acceptors (Lipinski definition) is 3. The van der Waals surface area contributed by atoms with Crippen LogP contribution in [-0.2, 0) is 16.0 Å². The van der Waals surface area contributed by atoms with Crippen LogP contribution in [0.2, 0.25) is 0 Å². The number of halogens is 2. The maximum Gasteiger partial charge on any atom is 0.224 e. The van der Waals surface area contributed by atoms with Gasteiger partial charge < -0.3 is 10.1 Å². The monoisotopic (exact) mass is 360 g/mol. The number of carbonyl (C=O) groups excluding carboxylic acids is 1. The standard InChI is InChI=1S/C20H22F2N2O2/c21-17-5-1-15(2-6-17)13-20(25)23-14-19(24-9-11-26-12-10-24)16-3-7-18(22)8-4-16/h1-8,19H,9-14H2,(H,23,25). The Kier molecular flexibility index (Phi) is 6.30. The van der Waals surface area contributed by atoms with Gasteiger partial charge in [0.2, 0.25) is 5.91 Å². The lowest BCUT2D eigenvalue weighted by atomic mass is 10.0. The molecule has 0 aromatic heterocycles. The summed E-state index contributed by atoms with van der Waals surface area (Å²) in [6, 6.07) is 12.2. The Morgan fingerprint density at radius 2 is 1.58 bits per heavy atom. The van der Waals surface area contributed by atoms with Gasteiger partial charge in [0.15, 0.2) is 0 Å². The third kappa shape index (κ3) is 5.09. The molecule has 0 aliphatic carbocycles. The minimum absolute atomic E-state index is 0.0448. The molecule has 0 spiro atoms. The van der Waals surface area contributed by atoms with Gasteiger partial charge in [0.1, 0.15) is 11.6 Å². The van der Waals surface area contributed by atoms with Gasteiger partial charge in [-0.1, -0.05) is 24.3 Å². The van der Waals surface area contributed by atoms with E-state index in [1.807, 2.05) is 0 Å². The molecule has 1 fully saturated rings. The molecule has 1 N–H and O–H groups in total. The molecule has 4 nitrogen and oxygen atoms in total. The molecule has 1 aliphatic heterocycles. The summed E-state index contributed by atoms with van der Waals surface area (Å²) in [6.07, 6.45) is 0.194. The summed E-state index contributed by atoms with van der Waals surface area (Å²) in [5.74, 6) is -0.732. The Hall–Kier alpha value is -2.31. The van der Waals surface area contributed by atoms with E-state index >= 15 is 0 Å². The van der Waals surface area contributed by atoms with Crippen LogP contribution in [0, 0.1) is 11.6 Å². The molecule has 1 aliphatic rings. The maximum absolute atomic E-state index is 13.2. The predicted octanol–water partition coefficient (Wildman–Crippen LogP) is 2.70. The van der Waals surface area contributed by atoms with Crippen LogP contribution in [0.1, 0.15) is 17.2 Å². The molecule has 1 amide bonds. The molecule has 2 aromatic carbocycles. The van der Waals surface area contributed by atoms with Gasteiger partial charge in [-0.05, 0) is 35.4 Å². The number of nitrogens with one attached hydrogen (secondary N) is 1. The number of ether oxygens (including phenoxy) is 1. The van der Waals surface area contributed by atoms with Crippen molar-refractivity contribution >= 4 is 5.91 Å². The van der Waals surface area contributed by atoms with Crippen LogP contribution >= 0.6 is 0 Å². The second-order valence-electron chi connectivity index (χ2n) is 6.32. The molecule has 0 saturated carbocycles. The molecule has 3 rings (SSSR count). The number of rotatable bonds is 6. The molecule has 6 heteroatoms. The van der Waals surface area contributed by atoms with Crippen molar-refractivity contribution in [3.05, 3.63) is 71.3 Å². The summed E-state index contributed by atoms with van der Waals surface area (Å²) in [5, 5.41) is 2.95. The van der Waals surface area contributed by atoms with E-state index < -0.39 is 0 Å². The molecule has 0 bridgehead atoms. The van der Waals surface area contributed by atoms with Crippen LogP contribution < -0.4 is 5.32 Å². The van der Waals surface area contributed by atoms with Crippen LogP contribution in [0.15, 0.2) is 48.5 Å². The zero-order valence-electron chi connectivity index (χ0n) is 14.5. The normalized spacial score (nSPS) is 16.2. The fourth-order valence-corrected chi connectivity index (χ4v) is 3.09. The highest BCUT2D eigenvalue weighted by Crippen LogP contribution is 2.21. The zero-order chi connectivity index (χ0) is 18.4. The van der Waals surface area contributed by atoms with Gasteiger partial charge in [-0.2, -0.15) is 0 Å². The molecule has 138 valence electrons. The smallest absolute Gasteiger partial charge is 0.224 e. The molecule has 1 atom stereocenters. The lowest BCUT2D eigenvalue weighted by molar-refractivity contribution is -0.120. The topological polar surface area (TPSA) is 41.6 Å². The quantitative estimate of drug-likeness (QED) is 0.861. The lowest BCUT2D eigenvalue weighted by Gasteiger charge is -2.35. The van der Waals surface area contributed by atoms with Gasteiger partial charge in [0.25, 0.3) is 0 Å². The SMILES string of the molecule is O=C(Cc1ccc(F)cc1)NCC(c1ccc(F)cc1)N1CCOCC1. The molecule has 26 heavy (non-hydrogen) atoms. The first-order valence-electron chi connectivity index (χ1n) is 8.70. The number of hydrogen-bond donors (Lipinski definition) is 1. The van der Waals surface area contributed by atoms with E-state index in [1.54, 1.807) is 24.3 Å². The van der Waals surface area contributed by atoms with Crippen LogP contribution in [-0.4, -0.2) is 43.7 Å². The number of nitrogens with zero attached hydrogens (tertiary/aromatic N) is 1. The van der Waals surface area contributed by atoms with Crippen molar-refractivity contribution in [3.8, 4) is 0 Å². The molecule has 1 saturated heterocycles. The number of morpholine rings is 1. The molecular weight excluding hydrogens is 338 g/mol. The highest BCUT2D eigenvalue weighted by atomic mass is 19.1. The minimum atomic E-state index is -0.321. The van der Waals surface area contributed by atoms with E-state index in [0.29, 0.717) is 19.8 Å². The third-order valence-corrected chi connectivity index (χ3v) is 4.51. The van der Waals surface area contributed by atoms with Gasteiger partial charge in [0.05, 0.1) is 25.7 Å². The Balaban J connectivity index is 1.64. The van der Waals surface area contributed by atoms with Crippen molar-refractivity contribution in [2.24, 2.45) is 0 Å². The van der Waals surface area contributed by atoms with E-state index in [-0.39, 0.29) is 30.0 Å². The first kappa shape index (κ1) is 18.5. The summed E-state index contributed by atoms with van der Waals surface area (Å²) < 4.78 is 31.6. The van der Waals surface area contributed by atoms with Gasteiger partial charge in [-0.3, -0.25) is 9.69 Å². The van der Waals surface area contributed by atoms with Crippen molar-refractivity contribution in [1.82, 2.24) is 10.2 Å². The predicted molar refractivity (Wildman–Crippen MR) is 94.6 cm³/mol. The van der Waals surface area contributed by atoms with Gasteiger partial charge >= 0.3 is 0 Å². The molecule has 2 aromatic rings. The molecular formula is C20H22F2N2O2. The van der Waals surface area contributed by atoms with E-state index in [4.69, 9.17) is 4.74 Å². The fraction of sp³-hybridized carbons (Fsp3) is 0.350. The summed E-state index contributed by atoms with van der Waals surface area (Å²) >= 11 is 0. The second kappa shape index (κ2) is 8.87. The first-order chi connectivity index (χ1) is 12.6. The van der Waals surface area contributed by atoms with Crippen LogP contribution in [0.3, 0.4) is 0 Å². The lowest BCUT2D eigenvalue weighted by Crippen LogP contribution is -2.44. The average Bonchev–Trinajstić information content (AvgIpc) is 2.66. The van der Waals surface area contributed by atoms with E-state index in [1.165, 1.54) is 24.3 Å². The van der Waals surface area contributed by atoms with Crippen molar-refractivity contribution < 1.29 is 18.3 Å². The third-order valence-electron chi connectivity index (χ3n) is 4.51. The molecule has 0 radical (unpaired) electrons. The zero-order valence-corrected chi connectivity index (χ0v) is 14.5. The number of amides is 1. The highest BCUT2D eigenvalue weighted by molar-refractivity contribution is 5.78. The highest BCUT2D eigenvalue weighted by Gasteiger charge is 2.23. The van der Waals surface area contributed by atoms with Gasteiger partial charge in [-0.25, -0.2) is 8.78 Å². The summed E-state index contributed by atoms with van der Waals surface area (Å²) in [6.45, 7) is 3.22. The average molecular weight is 360 g/mol. The van der Waals surface area contributed by atoms with Crippen LogP contribution in [0.5, 0.6) is 0 Å². The Labute approximate surface area is 151 Å². The summed E-state index contributed by atoms with van der Waals surface area (Å²) in [5.41, 5.74) is 1.71. The summed E-state index contributed by atoms with van der Waals surface area (Å²) in [4.78, 5) is 14.5.